The number of hydrogen-bond donors (Lipinski definition) is 2. The third-order valence-corrected chi connectivity index (χ3v) is 5.79. The van der Waals surface area contributed by atoms with E-state index in [9.17, 15) is 9.59 Å². The monoisotopic (exact) mass is 444 g/mol. The molecule has 0 spiro atoms. The number of benzene rings is 3. The summed E-state index contributed by atoms with van der Waals surface area (Å²) in [6.45, 7) is 6.19. The summed E-state index contributed by atoms with van der Waals surface area (Å²) in [6, 6.07) is 19.5. The SMILES string of the molecule is Cc1cc(NC(=O)c2ccc(Oc3ccc(C(N)=O)cc3)cc2)ccc1N1CCN(C)CC1. The fourth-order valence-electron chi connectivity index (χ4n) is 3.84. The number of anilines is 2. The van der Waals surface area contributed by atoms with Crippen molar-refractivity contribution < 1.29 is 14.3 Å². The molecule has 0 unspecified atom stereocenters. The first-order valence-electron chi connectivity index (χ1n) is 10.9. The third-order valence-electron chi connectivity index (χ3n) is 5.79. The van der Waals surface area contributed by atoms with Gasteiger partial charge in [0.1, 0.15) is 11.5 Å². The van der Waals surface area contributed by atoms with Crippen LogP contribution in [0.15, 0.2) is 66.7 Å². The van der Waals surface area contributed by atoms with Crippen LogP contribution in [-0.2, 0) is 0 Å². The molecule has 1 aliphatic rings. The average molecular weight is 445 g/mol. The number of ether oxygens (including phenoxy) is 1. The van der Waals surface area contributed by atoms with Crippen LogP contribution in [0.1, 0.15) is 26.3 Å². The van der Waals surface area contributed by atoms with Gasteiger partial charge in [-0.3, -0.25) is 9.59 Å². The Morgan fingerprint density at radius 3 is 1.97 bits per heavy atom. The van der Waals surface area contributed by atoms with Gasteiger partial charge < -0.3 is 25.6 Å². The number of aryl methyl sites for hydroxylation is 1. The Labute approximate surface area is 193 Å². The highest BCUT2D eigenvalue weighted by atomic mass is 16.5. The lowest BCUT2D eigenvalue weighted by molar-refractivity contribution is 0.0997. The van der Waals surface area contributed by atoms with Gasteiger partial charge in [-0.05, 0) is 86.3 Å². The first-order valence-corrected chi connectivity index (χ1v) is 10.9. The van der Waals surface area contributed by atoms with E-state index in [1.165, 1.54) is 5.69 Å². The lowest BCUT2D eigenvalue weighted by atomic mass is 10.1. The molecule has 1 fully saturated rings. The van der Waals surface area contributed by atoms with Crippen LogP contribution in [0.4, 0.5) is 11.4 Å². The van der Waals surface area contributed by atoms with Crippen LogP contribution in [0.3, 0.4) is 0 Å². The molecule has 1 saturated heterocycles. The summed E-state index contributed by atoms with van der Waals surface area (Å²) >= 11 is 0. The highest BCUT2D eigenvalue weighted by Gasteiger charge is 2.16. The highest BCUT2D eigenvalue weighted by molar-refractivity contribution is 6.04. The molecule has 4 rings (SSSR count). The second-order valence-electron chi connectivity index (χ2n) is 8.26. The summed E-state index contributed by atoms with van der Waals surface area (Å²) in [5.41, 5.74) is 9.33. The zero-order chi connectivity index (χ0) is 23.4. The van der Waals surface area contributed by atoms with Gasteiger partial charge in [-0.2, -0.15) is 0 Å². The number of carbonyl (C=O) groups is 2. The summed E-state index contributed by atoms with van der Waals surface area (Å²) in [5, 5.41) is 2.97. The molecule has 0 radical (unpaired) electrons. The number of nitrogens with one attached hydrogen (secondary N) is 1. The maximum Gasteiger partial charge on any atom is 0.255 e. The lowest BCUT2D eigenvalue weighted by Gasteiger charge is -2.35. The second kappa shape index (κ2) is 9.75. The van der Waals surface area contributed by atoms with E-state index < -0.39 is 5.91 Å². The Morgan fingerprint density at radius 2 is 1.42 bits per heavy atom. The number of nitrogens with zero attached hydrogens (tertiary/aromatic N) is 2. The molecule has 7 nitrogen and oxygen atoms in total. The van der Waals surface area contributed by atoms with Crippen molar-refractivity contribution in [3.63, 3.8) is 0 Å². The van der Waals surface area contributed by atoms with Gasteiger partial charge in [0.25, 0.3) is 5.91 Å². The van der Waals surface area contributed by atoms with Crippen molar-refractivity contribution in [2.75, 3.05) is 43.4 Å². The van der Waals surface area contributed by atoms with E-state index >= 15 is 0 Å². The standard InChI is InChI=1S/C26H28N4O3/c1-18-17-21(7-12-24(18)30-15-13-29(2)14-16-30)28-26(32)20-5-10-23(11-6-20)33-22-8-3-19(4-9-22)25(27)31/h3-12,17H,13-16H2,1-2H3,(H2,27,31)(H,28,32). The maximum atomic E-state index is 12.7. The fourth-order valence-corrected chi connectivity index (χ4v) is 3.84. The summed E-state index contributed by atoms with van der Waals surface area (Å²) in [7, 11) is 2.14. The van der Waals surface area contributed by atoms with Crippen LogP contribution in [0.2, 0.25) is 0 Å². The average Bonchev–Trinajstić information content (AvgIpc) is 2.81. The molecule has 3 N–H and O–H groups in total. The first-order chi connectivity index (χ1) is 15.9. The van der Waals surface area contributed by atoms with Crippen molar-refractivity contribution in [1.29, 1.82) is 0 Å². The van der Waals surface area contributed by atoms with E-state index in [4.69, 9.17) is 10.5 Å². The van der Waals surface area contributed by atoms with Crippen LogP contribution in [0.25, 0.3) is 0 Å². The number of nitrogens with two attached hydrogens (primary N) is 1. The van der Waals surface area contributed by atoms with Gasteiger partial charge in [0, 0.05) is 48.7 Å². The van der Waals surface area contributed by atoms with Crippen LogP contribution in [0.5, 0.6) is 11.5 Å². The zero-order valence-electron chi connectivity index (χ0n) is 18.9. The number of amides is 2. The molecule has 1 aliphatic heterocycles. The predicted molar refractivity (Wildman–Crippen MR) is 130 cm³/mol. The normalized spacial score (nSPS) is 14.1. The van der Waals surface area contributed by atoms with Gasteiger partial charge in [-0.25, -0.2) is 0 Å². The number of carbonyl (C=O) groups excluding carboxylic acids is 2. The zero-order valence-corrected chi connectivity index (χ0v) is 18.9. The molecular weight excluding hydrogens is 416 g/mol. The molecule has 3 aromatic rings. The van der Waals surface area contributed by atoms with Crippen molar-refractivity contribution in [1.82, 2.24) is 4.90 Å². The molecule has 0 saturated carbocycles. The topological polar surface area (TPSA) is 87.9 Å². The van der Waals surface area contributed by atoms with E-state index in [1.807, 2.05) is 12.1 Å². The minimum absolute atomic E-state index is 0.181. The Bertz CT molecular complexity index is 1140. The minimum Gasteiger partial charge on any atom is -0.457 e. The molecule has 0 aromatic heterocycles. The molecule has 7 heteroatoms. The summed E-state index contributed by atoms with van der Waals surface area (Å²) < 4.78 is 5.77. The Morgan fingerprint density at radius 1 is 0.848 bits per heavy atom. The van der Waals surface area contributed by atoms with Gasteiger partial charge in [0.15, 0.2) is 0 Å². The molecule has 2 amide bonds. The molecule has 0 bridgehead atoms. The lowest BCUT2D eigenvalue weighted by Crippen LogP contribution is -2.44. The first kappa shape index (κ1) is 22.4. The largest absolute Gasteiger partial charge is 0.457 e. The summed E-state index contributed by atoms with van der Waals surface area (Å²) in [6.07, 6.45) is 0. The van der Waals surface area contributed by atoms with Crippen LogP contribution >= 0.6 is 0 Å². The van der Waals surface area contributed by atoms with Crippen LogP contribution in [-0.4, -0.2) is 49.9 Å². The number of hydrogen-bond acceptors (Lipinski definition) is 5. The van der Waals surface area contributed by atoms with Gasteiger partial charge in [-0.15, -0.1) is 0 Å². The fraction of sp³-hybridized carbons (Fsp3) is 0.231. The van der Waals surface area contributed by atoms with E-state index in [0.717, 1.165) is 37.4 Å². The Hall–Kier alpha value is -3.84. The van der Waals surface area contributed by atoms with Crippen molar-refractivity contribution in [2.45, 2.75) is 6.92 Å². The molecule has 33 heavy (non-hydrogen) atoms. The van der Waals surface area contributed by atoms with Crippen molar-refractivity contribution in [2.24, 2.45) is 5.73 Å². The molecule has 0 atom stereocenters. The number of likely N-dealkylation sites (N-methyl/N-ethyl adjacent to an activating group) is 1. The van der Waals surface area contributed by atoms with E-state index in [-0.39, 0.29) is 5.91 Å². The Balaban J connectivity index is 1.37. The quantitative estimate of drug-likeness (QED) is 0.602. The number of piperazine rings is 1. The van der Waals surface area contributed by atoms with Gasteiger partial charge in [0.2, 0.25) is 5.91 Å². The Kier molecular flexibility index (Phi) is 6.60. The second-order valence-corrected chi connectivity index (χ2v) is 8.26. The summed E-state index contributed by atoms with van der Waals surface area (Å²) in [4.78, 5) is 28.6. The van der Waals surface area contributed by atoms with Gasteiger partial charge in [0.05, 0.1) is 0 Å². The molecule has 170 valence electrons. The van der Waals surface area contributed by atoms with Crippen LogP contribution in [0, 0.1) is 6.92 Å². The van der Waals surface area contributed by atoms with Crippen molar-refractivity contribution in [3.05, 3.63) is 83.4 Å². The predicted octanol–water partition coefficient (Wildman–Crippen LogP) is 3.89. The number of rotatable bonds is 6. The minimum atomic E-state index is -0.485. The van der Waals surface area contributed by atoms with E-state index in [0.29, 0.717) is 22.6 Å². The van der Waals surface area contributed by atoms with E-state index in [1.54, 1.807) is 48.5 Å². The van der Waals surface area contributed by atoms with Gasteiger partial charge in [-0.1, -0.05) is 0 Å². The molecular formula is C26H28N4O3. The molecule has 3 aromatic carbocycles. The maximum absolute atomic E-state index is 12.7. The van der Waals surface area contributed by atoms with Crippen LogP contribution < -0.4 is 20.7 Å². The molecule has 0 aliphatic carbocycles. The van der Waals surface area contributed by atoms with Crippen molar-refractivity contribution in [3.8, 4) is 11.5 Å². The van der Waals surface area contributed by atoms with Gasteiger partial charge >= 0.3 is 0 Å². The third kappa shape index (κ3) is 5.51. The van der Waals surface area contributed by atoms with Crippen molar-refractivity contribution >= 4 is 23.2 Å². The van der Waals surface area contributed by atoms with E-state index in [2.05, 4.69) is 35.2 Å². The molecule has 1 heterocycles. The number of primary amides is 1. The smallest absolute Gasteiger partial charge is 0.255 e. The highest BCUT2D eigenvalue weighted by Crippen LogP contribution is 2.26. The summed E-state index contributed by atoms with van der Waals surface area (Å²) in [5.74, 6) is 0.499.